The molecule has 3 amide bonds. The summed E-state index contributed by atoms with van der Waals surface area (Å²) >= 11 is 0. The van der Waals surface area contributed by atoms with Crippen molar-refractivity contribution in [1.82, 2.24) is 0 Å². The molecule has 114 valence electrons. The maximum atomic E-state index is 12.2. The predicted octanol–water partition coefficient (Wildman–Crippen LogP) is 3.55. The molecule has 2 aromatic rings. The van der Waals surface area contributed by atoms with Crippen LogP contribution in [-0.4, -0.2) is 11.9 Å². The molecule has 22 heavy (non-hydrogen) atoms. The highest BCUT2D eigenvalue weighted by molar-refractivity contribution is 6.04. The van der Waals surface area contributed by atoms with E-state index in [9.17, 15) is 9.59 Å². The SMILES string of the molecule is CC(C)c1cccc(NC(=O)c2ccc(NC(N)=O)cc2)c1. The molecule has 0 aromatic heterocycles. The van der Waals surface area contributed by atoms with Gasteiger partial charge in [-0.05, 0) is 47.9 Å². The smallest absolute Gasteiger partial charge is 0.316 e. The van der Waals surface area contributed by atoms with Crippen LogP contribution < -0.4 is 16.4 Å². The third kappa shape index (κ3) is 4.09. The van der Waals surface area contributed by atoms with E-state index in [2.05, 4.69) is 24.5 Å². The van der Waals surface area contributed by atoms with E-state index in [1.807, 2.05) is 24.3 Å². The van der Waals surface area contributed by atoms with Crippen LogP contribution in [-0.2, 0) is 0 Å². The molecule has 5 nitrogen and oxygen atoms in total. The van der Waals surface area contributed by atoms with Gasteiger partial charge in [0.05, 0.1) is 0 Å². The van der Waals surface area contributed by atoms with E-state index >= 15 is 0 Å². The summed E-state index contributed by atoms with van der Waals surface area (Å²) in [7, 11) is 0. The number of hydrogen-bond donors (Lipinski definition) is 3. The van der Waals surface area contributed by atoms with E-state index in [1.54, 1.807) is 24.3 Å². The molecule has 0 aliphatic heterocycles. The Labute approximate surface area is 129 Å². The Kier molecular flexibility index (Phi) is 4.78. The van der Waals surface area contributed by atoms with E-state index in [0.717, 1.165) is 5.69 Å². The van der Waals surface area contributed by atoms with E-state index < -0.39 is 6.03 Å². The summed E-state index contributed by atoms with van der Waals surface area (Å²) in [6, 6.07) is 13.7. The number of carbonyl (C=O) groups is 2. The molecule has 0 saturated carbocycles. The van der Waals surface area contributed by atoms with Gasteiger partial charge in [0, 0.05) is 16.9 Å². The largest absolute Gasteiger partial charge is 0.351 e. The van der Waals surface area contributed by atoms with Gasteiger partial charge in [0.15, 0.2) is 0 Å². The first-order valence-corrected chi connectivity index (χ1v) is 7.03. The summed E-state index contributed by atoms with van der Waals surface area (Å²) in [5.41, 5.74) is 8.01. The van der Waals surface area contributed by atoms with Gasteiger partial charge in [0.1, 0.15) is 0 Å². The van der Waals surface area contributed by atoms with Crippen molar-refractivity contribution in [2.24, 2.45) is 5.73 Å². The number of rotatable bonds is 4. The van der Waals surface area contributed by atoms with Crippen molar-refractivity contribution < 1.29 is 9.59 Å². The molecular formula is C17H19N3O2. The normalized spacial score (nSPS) is 10.3. The lowest BCUT2D eigenvalue weighted by Crippen LogP contribution is -2.19. The molecule has 0 radical (unpaired) electrons. The molecule has 4 N–H and O–H groups in total. The highest BCUT2D eigenvalue weighted by atomic mass is 16.2. The first-order chi connectivity index (χ1) is 10.5. The molecule has 0 atom stereocenters. The molecule has 5 heteroatoms. The standard InChI is InChI=1S/C17H19N3O2/c1-11(2)13-4-3-5-15(10-13)19-16(21)12-6-8-14(9-7-12)20-17(18)22/h3-11H,1-2H3,(H,19,21)(H3,18,20,22). The maximum Gasteiger partial charge on any atom is 0.316 e. The zero-order valence-corrected chi connectivity index (χ0v) is 12.6. The maximum absolute atomic E-state index is 12.2. The average molecular weight is 297 g/mol. The number of urea groups is 1. The lowest BCUT2D eigenvalue weighted by Gasteiger charge is -2.10. The van der Waals surface area contributed by atoms with Crippen molar-refractivity contribution in [3.8, 4) is 0 Å². The van der Waals surface area contributed by atoms with Crippen molar-refractivity contribution >= 4 is 23.3 Å². The van der Waals surface area contributed by atoms with E-state index in [-0.39, 0.29) is 5.91 Å². The molecule has 0 heterocycles. The van der Waals surface area contributed by atoms with Gasteiger partial charge in [-0.3, -0.25) is 4.79 Å². The minimum atomic E-state index is -0.636. The van der Waals surface area contributed by atoms with Crippen LogP contribution in [0.15, 0.2) is 48.5 Å². The minimum Gasteiger partial charge on any atom is -0.351 e. The summed E-state index contributed by atoms with van der Waals surface area (Å²) in [4.78, 5) is 23.0. The Morgan fingerprint density at radius 1 is 0.955 bits per heavy atom. The molecule has 0 bridgehead atoms. The van der Waals surface area contributed by atoms with Crippen LogP contribution in [0, 0.1) is 0 Å². The van der Waals surface area contributed by atoms with Crippen LogP contribution in [0.1, 0.15) is 35.7 Å². The second-order valence-electron chi connectivity index (χ2n) is 5.30. The highest BCUT2D eigenvalue weighted by Gasteiger charge is 2.07. The van der Waals surface area contributed by atoms with Crippen molar-refractivity contribution in [3.63, 3.8) is 0 Å². The fourth-order valence-corrected chi connectivity index (χ4v) is 2.03. The first kappa shape index (κ1) is 15.6. The lowest BCUT2D eigenvalue weighted by atomic mass is 10.0. The van der Waals surface area contributed by atoms with Crippen LogP contribution in [0.2, 0.25) is 0 Å². The third-order valence-electron chi connectivity index (χ3n) is 3.23. The van der Waals surface area contributed by atoms with Gasteiger partial charge in [0.2, 0.25) is 0 Å². The van der Waals surface area contributed by atoms with E-state index in [1.165, 1.54) is 5.56 Å². The quantitative estimate of drug-likeness (QED) is 0.806. The second kappa shape index (κ2) is 6.76. The number of carbonyl (C=O) groups excluding carboxylic acids is 2. The molecule has 0 saturated heterocycles. The summed E-state index contributed by atoms with van der Waals surface area (Å²) in [5, 5.41) is 5.31. The summed E-state index contributed by atoms with van der Waals surface area (Å²) < 4.78 is 0. The monoisotopic (exact) mass is 297 g/mol. The Morgan fingerprint density at radius 2 is 1.64 bits per heavy atom. The number of amides is 3. The van der Waals surface area contributed by atoms with Gasteiger partial charge in [0.25, 0.3) is 5.91 Å². The molecule has 0 aliphatic rings. The Hall–Kier alpha value is -2.82. The van der Waals surface area contributed by atoms with Crippen LogP contribution in [0.25, 0.3) is 0 Å². The number of nitrogens with one attached hydrogen (secondary N) is 2. The fraction of sp³-hybridized carbons (Fsp3) is 0.176. The van der Waals surface area contributed by atoms with Gasteiger partial charge >= 0.3 is 6.03 Å². The summed E-state index contributed by atoms with van der Waals surface area (Å²) in [5.74, 6) is 0.197. The molecule has 2 aromatic carbocycles. The minimum absolute atomic E-state index is 0.202. The zero-order valence-electron chi connectivity index (χ0n) is 12.6. The molecule has 0 spiro atoms. The van der Waals surface area contributed by atoms with Crippen molar-refractivity contribution in [2.75, 3.05) is 10.6 Å². The zero-order chi connectivity index (χ0) is 16.1. The third-order valence-corrected chi connectivity index (χ3v) is 3.23. The number of nitrogens with two attached hydrogens (primary N) is 1. The number of hydrogen-bond acceptors (Lipinski definition) is 2. The predicted molar refractivity (Wildman–Crippen MR) is 88.1 cm³/mol. The topological polar surface area (TPSA) is 84.2 Å². The van der Waals surface area contributed by atoms with Gasteiger partial charge in [-0.1, -0.05) is 26.0 Å². The van der Waals surface area contributed by atoms with Crippen LogP contribution >= 0.6 is 0 Å². The van der Waals surface area contributed by atoms with Gasteiger partial charge in [-0.2, -0.15) is 0 Å². The Bertz CT molecular complexity index is 679. The molecule has 0 aliphatic carbocycles. The van der Waals surface area contributed by atoms with Gasteiger partial charge in [-0.15, -0.1) is 0 Å². The fourth-order valence-electron chi connectivity index (χ4n) is 2.03. The van der Waals surface area contributed by atoms with Crippen LogP contribution in [0.5, 0.6) is 0 Å². The highest BCUT2D eigenvalue weighted by Crippen LogP contribution is 2.19. The molecular weight excluding hydrogens is 278 g/mol. The van der Waals surface area contributed by atoms with E-state index in [4.69, 9.17) is 5.73 Å². The Morgan fingerprint density at radius 3 is 2.23 bits per heavy atom. The van der Waals surface area contributed by atoms with Crippen molar-refractivity contribution in [2.45, 2.75) is 19.8 Å². The second-order valence-corrected chi connectivity index (χ2v) is 5.30. The van der Waals surface area contributed by atoms with E-state index in [0.29, 0.717) is 17.2 Å². The van der Waals surface area contributed by atoms with Gasteiger partial charge < -0.3 is 16.4 Å². The summed E-state index contributed by atoms with van der Waals surface area (Å²) in [6.45, 7) is 4.21. The molecule has 0 fully saturated rings. The molecule has 0 unspecified atom stereocenters. The van der Waals surface area contributed by atoms with Crippen molar-refractivity contribution in [3.05, 3.63) is 59.7 Å². The van der Waals surface area contributed by atoms with Crippen molar-refractivity contribution in [1.29, 1.82) is 0 Å². The average Bonchev–Trinajstić information content (AvgIpc) is 2.47. The lowest BCUT2D eigenvalue weighted by molar-refractivity contribution is 0.102. The van der Waals surface area contributed by atoms with Gasteiger partial charge in [-0.25, -0.2) is 4.79 Å². The van der Waals surface area contributed by atoms with Crippen LogP contribution in [0.4, 0.5) is 16.2 Å². The Balaban J connectivity index is 2.08. The van der Waals surface area contributed by atoms with Crippen LogP contribution in [0.3, 0.4) is 0 Å². The first-order valence-electron chi connectivity index (χ1n) is 7.03. The molecule has 2 rings (SSSR count). The number of benzene rings is 2. The summed E-state index contributed by atoms with van der Waals surface area (Å²) in [6.07, 6.45) is 0. The number of anilines is 2. The number of primary amides is 1.